The molecule has 1 fully saturated rings. The Kier molecular flexibility index (Phi) is 4.54. The molecule has 0 unspecified atom stereocenters. The maximum absolute atomic E-state index is 13.1. The first kappa shape index (κ1) is 18.8. The van der Waals surface area contributed by atoms with Gasteiger partial charge in [-0.2, -0.15) is 5.10 Å². The molecule has 3 aromatic rings. The molecule has 0 spiro atoms. The van der Waals surface area contributed by atoms with E-state index in [9.17, 15) is 4.79 Å². The molecule has 0 bridgehead atoms. The summed E-state index contributed by atoms with van der Waals surface area (Å²) in [4.78, 5) is 26.2. The molecule has 5 heterocycles. The van der Waals surface area contributed by atoms with E-state index in [4.69, 9.17) is 0 Å². The van der Waals surface area contributed by atoms with Crippen molar-refractivity contribution < 1.29 is 4.79 Å². The number of hydrogen-bond acceptors (Lipinski definition) is 6. The van der Waals surface area contributed by atoms with Crippen LogP contribution in [-0.2, 0) is 13.5 Å². The number of fused-ring (bicyclic) bond motifs is 2. The largest absolute Gasteiger partial charge is 0.368 e. The predicted octanol–water partition coefficient (Wildman–Crippen LogP) is 2.06. The first-order valence-corrected chi connectivity index (χ1v) is 10.4. The Morgan fingerprint density at radius 3 is 3.03 bits per heavy atom. The summed E-state index contributed by atoms with van der Waals surface area (Å²) < 4.78 is 1.75. The summed E-state index contributed by atoms with van der Waals surface area (Å²) in [6.45, 7) is 7.59. The fraction of sp³-hybridized carbons (Fsp3) is 0.429. The monoisotopic (exact) mass is 406 g/mol. The van der Waals surface area contributed by atoms with Crippen LogP contribution in [0.1, 0.15) is 18.2 Å². The minimum absolute atomic E-state index is 0.206. The second-order valence-electron chi connectivity index (χ2n) is 8.10. The number of hydrogen-bond donors (Lipinski definition) is 2. The van der Waals surface area contributed by atoms with E-state index < -0.39 is 0 Å². The number of carbonyl (C=O) groups excluding carboxylic acids is 1. The Morgan fingerprint density at radius 1 is 1.33 bits per heavy atom. The summed E-state index contributed by atoms with van der Waals surface area (Å²) in [6, 6.07) is 4.16. The van der Waals surface area contributed by atoms with Crippen molar-refractivity contribution >= 4 is 34.3 Å². The standard InChI is InChI=1S/C21H26N8O/c1-13-11-28(9-7-22-13)17-4-6-23-20-16(17)5-8-29(20)21(30)25-18-10-15-12-27(3)26-19(15)14(2)24-18/h4,6,10,12-13,22H,5,7-9,11H2,1-3H3,(H,25,30)/t13-/m0/s1. The van der Waals surface area contributed by atoms with Crippen molar-refractivity contribution in [1.29, 1.82) is 0 Å². The first-order valence-electron chi connectivity index (χ1n) is 10.4. The quantitative estimate of drug-likeness (QED) is 0.677. The number of amides is 2. The van der Waals surface area contributed by atoms with E-state index in [1.54, 1.807) is 15.8 Å². The van der Waals surface area contributed by atoms with Crippen LogP contribution in [0.25, 0.3) is 10.9 Å². The molecule has 5 rings (SSSR count). The molecule has 156 valence electrons. The van der Waals surface area contributed by atoms with Gasteiger partial charge >= 0.3 is 6.03 Å². The van der Waals surface area contributed by atoms with Crippen LogP contribution in [0.15, 0.2) is 24.5 Å². The van der Waals surface area contributed by atoms with Gasteiger partial charge in [-0.3, -0.25) is 14.9 Å². The normalized spacial score (nSPS) is 18.7. The number of aromatic nitrogens is 4. The molecule has 1 saturated heterocycles. The maximum atomic E-state index is 13.1. The van der Waals surface area contributed by atoms with Gasteiger partial charge in [-0.1, -0.05) is 0 Å². The molecule has 0 aliphatic carbocycles. The van der Waals surface area contributed by atoms with E-state index >= 15 is 0 Å². The van der Waals surface area contributed by atoms with E-state index in [0.717, 1.165) is 54.0 Å². The Morgan fingerprint density at radius 2 is 2.20 bits per heavy atom. The predicted molar refractivity (Wildman–Crippen MR) is 117 cm³/mol. The first-order chi connectivity index (χ1) is 14.5. The van der Waals surface area contributed by atoms with Gasteiger partial charge in [0.05, 0.1) is 5.69 Å². The molecule has 2 N–H and O–H groups in total. The van der Waals surface area contributed by atoms with E-state index in [0.29, 0.717) is 18.4 Å². The maximum Gasteiger partial charge on any atom is 0.328 e. The molecular formula is C21H26N8O. The van der Waals surface area contributed by atoms with Crippen LogP contribution in [0.2, 0.25) is 0 Å². The summed E-state index contributed by atoms with van der Waals surface area (Å²) in [5.74, 6) is 1.27. The van der Waals surface area contributed by atoms with Crippen LogP contribution in [0.5, 0.6) is 0 Å². The molecule has 2 aliphatic heterocycles. The number of pyridine rings is 2. The molecule has 30 heavy (non-hydrogen) atoms. The highest BCUT2D eigenvalue weighted by Gasteiger charge is 2.30. The van der Waals surface area contributed by atoms with Crippen molar-refractivity contribution in [3.05, 3.63) is 35.8 Å². The Labute approximate surface area is 175 Å². The minimum atomic E-state index is -0.206. The topological polar surface area (TPSA) is 91.2 Å². The molecule has 2 amide bonds. The lowest BCUT2D eigenvalue weighted by molar-refractivity contribution is 0.257. The fourth-order valence-electron chi connectivity index (χ4n) is 4.47. The van der Waals surface area contributed by atoms with Gasteiger partial charge in [-0.15, -0.1) is 0 Å². The van der Waals surface area contributed by atoms with E-state index in [1.165, 1.54) is 5.69 Å². The number of aryl methyl sites for hydroxylation is 2. The van der Waals surface area contributed by atoms with Crippen LogP contribution < -0.4 is 20.4 Å². The number of rotatable bonds is 2. The highest BCUT2D eigenvalue weighted by atomic mass is 16.2. The smallest absolute Gasteiger partial charge is 0.328 e. The molecule has 0 aromatic carbocycles. The van der Waals surface area contributed by atoms with Crippen molar-refractivity contribution in [3.63, 3.8) is 0 Å². The van der Waals surface area contributed by atoms with Gasteiger partial charge in [0.15, 0.2) is 0 Å². The van der Waals surface area contributed by atoms with Crippen LogP contribution in [0.3, 0.4) is 0 Å². The Hall–Kier alpha value is -3.20. The fourth-order valence-corrected chi connectivity index (χ4v) is 4.47. The second kappa shape index (κ2) is 7.24. The van der Waals surface area contributed by atoms with Crippen LogP contribution in [0.4, 0.5) is 22.1 Å². The summed E-state index contributed by atoms with van der Waals surface area (Å²) in [5.41, 5.74) is 3.97. The average molecular weight is 406 g/mol. The molecule has 1 atom stereocenters. The van der Waals surface area contributed by atoms with Gasteiger partial charge in [0.2, 0.25) is 0 Å². The number of nitrogens with one attached hydrogen (secondary N) is 2. The number of nitrogens with zero attached hydrogens (tertiary/aromatic N) is 6. The summed E-state index contributed by atoms with van der Waals surface area (Å²) in [7, 11) is 1.88. The Balaban J connectivity index is 1.39. The third-order valence-corrected chi connectivity index (χ3v) is 5.82. The van der Waals surface area contributed by atoms with Gasteiger partial charge in [0.1, 0.15) is 17.2 Å². The van der Waals surface area contributed by atoms with Crippen molar-refractivity contribution in [2.24, 2.45) is 7.05 Å². The van der Waals surface area contributed by atoms with E-state index in [2.05, 4.69) is 43.6 Å². The molecule has 9 nitrogen and oxygen atoms in total. The van der Waals surface area contributed by atoms with Crippen LogP contribution in [0, 0.1) is 6.92 Å². The van der Waals surface area contributed by atoms with Crippen LogP contribution >= 0.6 is 0 Å². The van der Waals surface area contributed by atoms with Crippen LogP contribution in [-0.4, -0.2) is 58.0 Å². The van der Waals surface area contributed by atoms with Crippen molar-refractivity contribution in [3.8, 4) is 0 Å². The third-order valence-electron chi connectivity index (χ3n) is 5.82. The zero-order valence-corrected chi connectivity index (χ0v) is 17.5. The zero-order valence-electron chi connectivity index (χ0n) is 17.5. The molecule has 3 aromatic heterocycles. The zero-order chi connectivity index (χ0) is 20.8. The number of piperazine rings is 1. The lowest BCUT2D eigenvalue weighted by Crippen LogP contribution is -2.49. The second-order valence-corrected chi connectivity index (χ2v) is 8.10. The summed E-state index contributed by atoms with van der Waals surface area (Å²) in [5, 5.41) is 11.8. The number of carbonyl (C=O) groups is 1. The number of urea groups is 1. The third kappa shape index (κ3) is 3.24. The highest BCUT2D eigenvalue weighted by molar-refractivity contribution is 6.03. The van der Waals surface area contributed by atoms with E-state index in [-0.39, 0.29) is 6.03 Å². The molecule has 2 aliphatic rings. The highest BCUT2D eigenvalue weighted by Crippen LogP contribution is 2.34. The van der Waals surface area contributed by atoms with Crippen molar-refractivity contribution in [2.75, 3.05) is 41.3 Å². The van der Waals surface area contributed by atoms with E-state index in [1.807, 2.05) is 26.2 Å². The number of anilines is 3. The van der Waals surface area contributed by atoms with Gasteiger partial charge in [-0.25, -0.2) is 14.8 Å². The summed E-state index contributed by atoms with van der Waals surface area (Å²) >= 11 is 0. The lowest BCUT2D eigenvalue weighted by atomic mass is 10.1. The van der Waals surface area contributed by atoms with Crippen molar-refractivity contribution in [2.45, 2.75) is 26.3 Å². The Bertz CT molecular complexity index is 1120. The SMILES string of the molecule is Cc1nc(NC(=O)N2CCc3c(N4CCN[C@@H](C)C4)ccnc32)cc2cn(C)nc12. The molecule has 0 radical (unpaired) electrons. The molecular weight excluding hydrogens is 380 g/mol. The van der Waals surface area contributed by atoms with Gasteiger partial charge in [0, 0.05) is 68.3 Å². The lowest BCUT2D eigenvalue weighted by Gasteiger charge is -2.34. The van der Waals surface area contributed by atoms with Gasteiger partial charge in [-0.05, 0) is 32.4 Å². The van der Waals surface area contributed by atoms with Crippen molar-refractivity contribution in [1.82, 2.24) is 25.1 Å². The average Bonchev–Trinajstić information content (AvgIpc) is 3.31. The molecule has 9 heteroatoms. The van der Waals surface area contributed by atoms with Gasteiger partial charge in [0.25, 0.3) is 0 Å². The summed E-state index contributed by atoms with van der Waals surface area (Å²) in [6.07, 6.45) is 4.53. The molecule has 0 saturated carbocycles. The van der Waals surface area contributed by atoms with Gasteiger partial charge < -0.3 is 10.2 Å². The minimum Gasteiger partial charge on any atom is -0.368 e.